The summed E-state index contributed by atoms with van der Waals surface area (Å²) in [6.07, 6.45) is 7.42. The second kappa shape index (κ2) is 4.05. The van der Waals surface area contributed by atoms with Crippen LogP contribution in [0.5, 0.6) is 0 Å². The van der Waals surface area contributed by atoms with Crippen LogP contribution >= 0.6 is 15.9 Å². The zero-order valence-corrected chi connectivity index (χ0v) is 8.92. The first-order chi connectivity index (χ1) is 6.36. The minimum absolute atomic E-state index is 0.849. The molecule has 2 rings (SSSR count). The van der Waals surface area contributed by atoms with Crippen molar-refractivity contribution < 1.29 is 0 Å². The van der Waals surface area contributed by atoms with Crippen LogP contribution in [0.4, 0.5) is 5.82 Å². The molecule has 0 bridgehead atoms. The molecule has 0 amide bonds. The molecule has 13 heavy (non-hydrogen) atoms. The minimum atomic E-state index is 0.849. The Morgan fingerprint density at radius 3 is 3.00 bits per heavy atom. The summed E-state index contributed by atoms with van der Waals surface area (Å²) in [6, 6.07) is 0. The molecule has 1 N–H and O–H groups in total. The van der Waals surface area contributed by atoms with Crippen LogP contribution in [-0.4, -0.2) is 16.5 Å². The summed E-state index contributed by atoms with van der Waals surface area (Å²) in [7, 11) is 0. The summed E-state index contributed by atoms with van der Waals surface area (Å²) in [5.74, 6) is 1.75. The molecule has 3 nitrogen and oxygen atoms in total. The molecule has 0 aromatic carbocycles. The van der Waals surface area contributed by atoms with Crippen molar-refractivity contribution in [1.29, 1.82) is 0 Å². The van der Waals surface area contributed by atoms with Crippen LogP contribution < -0.4 is 5.32 Å². The fourth-order valence-electron chi connectivity index (χ4n) is 1.38. The normalized spacial score (nSPS) is 16.7. The lowest BCUT2D eigenvalue weighted by atomic mass is 9.85. The molecule has 0 aliphatic heterocycles. The van der Waals surface area contributed by atoms with Gasteiger partial charge in [-0.15, -0.1) is 0 Å². The Bertz CT molecular complexity index is 286. The predicted molar refractivity (Wildman–Crippen MR) is 55.6 cm³/mol. The highest BCUT2D eigenvalue weighted by atomic mass is 79.9. The molecule has 70 valence electrons. The van der Waals surface area contributed by atoms with Crippen LogP contribution in [0.15, 0.2) is 17.0 Å². The smallest absolute Gasteiger partial charge is 0.143 e. The Hall–Kier alpha value is -0.640. The maximum atomic E-state index is 4.14. The Balaban J connectivity index is 1.89. The van der Waals surface area contributed by atoms with Crippen LogP contribution in [0.25, 0.3) is 0 Å². The molecule has 0 atom stereocenters. The third kappa shape index (κ3) is 2.18. The van der Waals surface area contributed by atoms with Crippen LogP contribution in [0.1, 0.15) is 19.3 Å². The van der Waals surface area contributed by atoms with Crippen molar-refractivity contribution in [2.45, 2.75) is 19.3 Å². The first-order valence-corrected chi connectivity index (χ1v) is 5.35. The van der Waals surface area contributed by atoms with E-state index in [2.05, 4.69) is 31.2 Å². The van der Waals surface area contributed by atoms with E-state index in [0.29, 0.717) is 0 Å². The van der Waals surface area contributed by atoms with Crippen molar-refractivity contribution in [3.8, 4) is 0 Å². The summed E-state index contributed by atoms with van der Waals surface area (Å²) < 4.78 is 0.939. The van der Waals surface area contributed by atoms with Gasteiger partial charge < -0.3 is 5.32 Å². The van der Waals surface area contributed by atoms with Crippen molar-refractivity contribution in [3.63, 3.8) is 0 Å². The molecule has 1 aromatic heterocycles. The average Bonchev–Trinajstić information content (AvgIpc) is 2.05. The van der Waals surface area contributed by atoms with E-state index in [0.717, 1.165) is 22.8 Å². The Morgan fingerprint density at radius 2 is 2.38 bits per heavy atom. The van der Waals surface area contributed by atoms with Crippen molar-refractivity contribution >= 4 is 21.7 Å². The zero-order valence-electron chi connectivity index (χ0n) is 7.33. The minimum Gasteiger partial charge on any atom is -0.369 e. The van der Waals surface area contributed by atoms with Crippen molar-refractivity contribution in [2.24, 2.45) is 5.92 Å². The highest BCUT2D eigenvalue weighted by Crippen LogP contribution is 2.27. The highest BCUT2D eigenvalue weighted by Gasteiger charge is 2.17. The SMILES string of the molecule is Brc1cncnc1NCC1CCC1. The quantitative estimate of drug-likeness (QED) is 0.884. The molecule has 1 saturated carbocycles. The number of halogens is 1. The van der Waals surface area contributed by atoms with Gasteiger partial charge in [-0.1, -0.05) is 6.42 Å². The van der Waals surface area contributed by atoms with Gasteiger partial charge in [-0.25, -0.2) is 9.97 Å². The third-order valence-corrected chi connectivity index (χ3v) is 3.03. The zero-order chi connectivity index (χ0) is 9.10. The Kier molecular flexibility index (Phi) is 2.78. The van der Waals surface area contributed by atoms with Crippen molar-refractivity contribution in [1.82, 2.24) is 9.97 Å². The van der Waals surface area contributed by atoms with Gasteiger partial charge in [0.2, 0.25) is 0 Å². The monoisotopic (exact) mass is 241 g/mol. The molecule has 1 aliphatic rings. The van der Waals surface area contributed by atoms with E-state index >= 15 is 0 Å². The molecule has 1 aliphatic carbocycles. The van der Waals surface area contributed by atoms with Gasteiger partial charge in [0.05, 0.1) is 4.47 Å². The number of aromatic nitrogens is 2. The van der Waals surface area contributed by atoms with Crippen molar-refractivity contribution in [3.05, 3.63) is 17.0 Å². The number of nitrogens with zero attached hydrogens (tertiary/aromatic N) is 2. The number of rotatable bonds is 3. The first-order valence-electron chi connectivity index (χ1n) is 4.55. The topological polar surface area (TPSA) is 37.8 Å². The molecular weight excluding hydrogens is 230 g/mol. The third-order valence-electron chi connectivity index (χ3n) is 2.45. The second-order valence-electron chi connectivity index (χ2n) is 3.40. The molecule has 1 fully saturated rings. The molecule has 0 saturated heterocycles. The molecular formula is C9H12BrN3. The standard InChI is InChI=1S/C9H12BrN3/c10-8-5-11-6-13-9(8)12-4-7-2-1-3-7/h5-7H,1-4H2,(H,11,12,13). The highest BCUT2D eigenvalue weighted by molar-refractivity contribution is 9.10. The number of anilines is 1. The van der Waals surface area contributed by atoms with E-state index in [-0.39, 0.29) is 0 Å². The van der Waals surface area contributed by atoms with Crippen LogP contribution in [0.2, 0.25) is 0 Å². The number of hydrogen-bond acceptors (Lipinski definition) is 3. The van der Waals surface area contributed by atoms with Gasteiger partial charge in [-0.3, -0.25) is 0 Å². The van der Waals surface area contributed by atoms with E-state index in [1.165, 1.54) is 19.3 Å². The van der Waals surface area contributed by atoms with Gasteiger partial charge in [0, 0.05) is 12.7 Å². The van der Waals surface area contributed by atoms with Crippen LogP contribution in [0, 0.1) is 5.92 Å². The maximum absolute atomic E-state index is 4.14. The van der Waals surface area contributed by atoms with Crippen molar-refractivity contribution in [2.75, 3.05) is 11.9 Å². The second-order valence-corrected chi connectivity index (χ2v) is 4.25. The summed E-state index contributed by atoms with van der Waals surface area (Å²) in [5.41, 5.74) is 0. The number of nitrogens with one attached hydrogen (secondary N) is 1. The predicted octanol–water partition coefficient (Wildman–Crippen LogP) is 2.45. The van der Waals surface area contributed by atoms with Gasteiger partial charge >= 0.3 is 0 Å². The average molecular weight is 242 g/mol. The van der Waals surface area contributed by atoms with Gasteiger partial charge in [0.1, 0.15) is 12.1 Å². The number of hydrogen-bond donors (Lipinski definition) is 1. The van der Waals surface area contributed by atoms with Crippen LogP contribution in [-0.2, 0) is 0 Å². The fourth-order valence-corrected chi connectivity index (χ4v) is 1.74. The summed E-state index contributed by atoms with van der Waals surface area (Å²) >= 11 is 3.40. The lowest BCUT2D eigenvalue weighted by Crippen LogP contribution is -2.21. The first kappa shape index (κ1) is 8.94. The van der Waals surface area contributed by atoms with E-state index in [1.54, 1.807) is 12.5 Å². The van der Waals surface area contributed by atoms with E-state index in [4.69, 9.17) is 0 Å². The van der Waals surface area contributed by atoms with E-state index < -0.39 is 0 Å². The Labute approximate surface area is 86.1 Å². The van der Waals surface area contributed by atoms with Crippen LogP contribution in [0.3, 0.4) is 0 Å². The Morgan fingerprint density at radius 1 is 1.54 bits per heavy atom. The molecule has 0 unspecified atom stereocenters. The maximum Gasteiger partial charge on any atom is 0.143 e. The van der Waals surface area contributed by atoms with Gasteiger partial charge in [0.25, 0.3) is 0 Å². The van der Waals surface area contributed by atoms with Gasteiger partial charge in [-0.2, -0.15) is 0 Å². The summed E-state index contributed by atoms with van der Waals surface area (Å²) in [6.45, 7) is 1.04. The molecule has 1 heterocycles. The van der Waals surface area contributed by atoms with Gasteiger partial charge in [0.15, 0.2) is 0 Å². The molecule has 0 spiro atoms. The molecule has 1 aromatic rings. The summed E-state index contributed by atoms with van der Waals surface area (Å²) in [4.78, 5) is 8.05. The fraction of sp³-hybridized carbons (Fsp3) is 0.556. The largest absolute Gasteiger partial charge is 0.369 e. The van der Waals surface area contributed by atoms with E-state index in [9.17, 15) is 0 Å². The lowest BCUT2D eigenvalue weighted by molar-refractivity contribution is 0.333. The summed E-state index contributed by atoms with van der Waals surface area (Å²) in [5, 5.41) is 3.32. The molecule has 4 heteroatoms. The van der Waals surface area contributed by atoms with Gasteiger partial charge in [-0.05, 0) is 34.7 Å². The lowest BCUT2D eigenvalue weighted by Gasteiger charge is -2.25. The van der Waals surface area contributed by atoms with E-state index in [1.807, 2.05) is 0 Å². The molecule has 0 radical (unpaired) electrons.